The summed E-state index contributed by atoms with van der Waals surface area (Å²) in [6, 6.07) is 7.62. The molecule has 100 valence electrons. The van der Waals surface area contributed by atoms with Crippen molar-refractivity contribution >= 4 is 11.9 Å². The maximum Gasteiger partial charge on any atom is 0.333 e. The summed E-state index contributed by atoms with van der Waals surface area (Å²) in [4.78, 5) is 23.2. The first kappa shape index (κ1) is 13.3. The number of benzene rings is 1. The Labute approximate surface area is 112 Å². The first-order chi connectivity index (χ1) is 9.08. The topological polar surface area (TPSA) is 52.6 Å². The van der Waals surface area contributed by atoms with E-state index in [1.54, 1.807) is 6.92 Å². The molecular weight excluding hydrogens is 244 g/mol. The minimum atomic E-state index is -0.604. The Morgan fingerprint density at radius 3 is 2.89 bits per heavy atom. The van der Waals surface area contributed by atoms with Gasteiger partial charge in [0.25, 0.3) is 0 Å². The highest BCUT2D eigenvalue weighted by Gasteiger charge is 2.25. The Morgan fingerprint density at radius 1 is 1.42 bits per heavy atom. The largest absolute Gasteiger partial charge is 0.465 e. The van der Waals surface area contributed by atoms with Crippen LogP contribution in [0.4, 0.5) is 0 Å². The molecule has 0 bridgehead atoms. The van der Waals surface area contributed by atoms with Crippen LogP contribution in [0.5, 0.6) is 0 Å². The zero-order valence-electron chi connectivity index (χ0n) is 10.8. The second kappa shape index (κ2) is 5.69. The van der Waals surface area contributed by atoms with Crippen molar-refractivity contribution in [3.05, 3.63) is 47.5 Å². The number of carbonyl (C=O) groups is 2. The molecule has 0 amide bonds. The molecule has 1 unspecified atom stereocenters. The summed E-state index contributed by atoms with van der Waals surface area (Å²) in [7, 11) is 0. The predicted molar refractivity (Wildman–Crippen MR) is 69.4 cm³/mol. The molecule has 4 nitrogen and oxygen atoms in total. The third-order valence-electron chi connectivity index (χ3n) is 2.99. The van der Waals surface area contributed by atoms with Crippen molar-refractivity contribution in [1.82, 2.24) is 0 Å². The van der Waals surface area contributed by atoms with Crippen LogP contribution in [0.3, 0.4) is 0 Å². The Balaban J connectivity index is 2.30. The van der Waals surface area contributed by atoms with Crippen LogP contribution in [-0.4, -0.2) is 18.5 Å². The lowest BCUT2D eigenvalue weighted by Gasteiger charge is -2.23. The third kappa shape index (κ3) is 3.22. The molecule has 2 rings (SSSR count). The molecule has 0 N–H and O–H groups in total. The molecule has 0 fully saturated rings. The van der Waals surface area contributed by atoms with Gasteiger partial charge in [-0.25, -0.2) is 4.79 Å². The van der Waals surface area contributed by atoms with Crippen molar-refractivity contribution in [1.29, 1.82) is 0 Å². The fourth-order valence-electron chi connectivity index (χ4n) is 2.01. The standard InChI is InChI=1S/C15H16O4/c1-10(2)15(17)19-13-9-14(16)18-8-7-11-5-3-4-6-12(11)13/h3-6,13H,1,7-9H2,2H3. The molecule has 0 saturated carbocycles. The van der Waals surface area contributed by atoms with Gasteiger partial charge in [-0.15, -0.1) is 0 Å². The van der Waals surface area contributed by atoms with Crippen molar-refractivity contribution in [3.63, 3.8) is 0 Å². The molecule has 19 heavy (non-hydrogen) atoms. The van der Waals surface area contributed by atoms with Gasteiger partial charge >= 0.3 is 11.9 Å². The highest BCUT2D eigenvalue weighted by Crippen LogP contribution is 2.28. The van der Waals surface area contributed by atoms with Crippen LogP contribution in [0.25, 0.3) is 0 Å². The Hall–Kier alpha value is -2.10. The van der Waals surface area contributed by atoms with E-state index >= 15 is 0 Å². The van der Waals surface area contributed by atoms with Crippen LogP contribution in [0.1, 0.15) is 30.6 Å². The zero-order chi connectivity index (χ0) is 13.8. The van der Waals surface area contributed by atoms with E-state index in [1.807, 2.05) is 24.3 Å². The van der Waals surface area contributed by atoms with Gasteiger partial charge in [0.15, 0.2) is 0 Å². The Bertz CT molecular complexity index is 519. The van der Waals surface area contributed by atoms with Gasteiger partial charge in [-0.1, -0.05) is 30.8 Å². The lowest BCUT2D eigenvalue weighted by atomic mass is 9.97. The predicted octanol–water partition coefficient (Wildman–Crippen LogP) is 2.34. The smallest absolute Gasteiger partial charge is 0.333 e. The molecule has 1 aromatic carbocycles. The van der Waals surface area contributed by atoms with E-state index < -0.39 is 12.1 Å². The fraction of sp³-hybridized carbons (Fsp3) is 0.333. The van der Waals surface area contributed by atoms with Gasteiger partial charge in [0, 0.05) is 12.0 Å². The Morgan fingerprint density at radius 2 is 2.16 bits per heavy atom. The molecule has 1 aliphatic heterocycles. The number of cyclic esters (lactones) is 1. The van der Waals surface area contributed by atoms with Crippen molar-refractivity contribution < 1.29 is 19.1 Å². The minimum Gasteiger partial charge on any atom is -0.465 e. The van der Waals surface area contributed by atoms with Gasteiger partial charge in [-0.2, -0.15) is 0 Å². The van der Waals surface area contributed by atoms with Crippen molar-refractivity contribution in [2.45, 2.75) is 25.9 Å². The fourth-order valence-corrected chi connectivity index (χ4v) is 2.01. The molecule has 1 atom stereocenters. The van der Waals surface area contributed by atoms with Gasteiger partial charge in [0.05, 0.1) is 13.0 Å². The molecular formula is C15H16O4. The van der Waals surface area contributed by atoms with Crippen molar-refractivity contribution in [2.75, 3.05) is 6.61 Å². The summed E-state index contributed by atoms with van der Waals surface area (Å²) in [5, 5.41) is 0. The Kier molecular flexibility index (Phi) is 4.00. The molecule has 0 aliphatic carbocycles. The van der Waals surface area contributed by atoms with Gasteiger partial charge < -0.3 is 9.47 Å². The van der Waals surface area contributed by atoms with Gasteiger partial charge in [0.1, 0.15) is 6.10 Å². The van der Waals surface area contributed by atoms with Crippen LogP contribution >= 0.6 is 0 Å². The normalized spacial score (nSPS) is 18.6. The number of carbonyl (C=O) groups excluding carboxylic acids is 2. The number of fused-ring (bicyclic) bond motifs is 1. The summed E-state index contributed by atoms with van der Waals surface area (Å²) >= 11 is 0. The van der Waals surface area contributed by atoms with E-state index in [-0.39, 0.29) is 12.4 Å². The molecule has 4 heteroatoms. The van der Waals surface area contributed by atoms with Gasteiger partial charge in [-0.3, -0.25) is 4.79 Å². The number of hydrogen-bond acceptors (Lipinski definition) is 4. The van der Waals surface area contributed by atoms with Gasteiger partial charge in [-0.05, 0) is 18.1 Å². The van der Waals surface area contributed by atoms with Crippen LogP contribution in [0.2, 0.25) is 0 Å². The second-order valence-electron chi connectivity index (χ2n) is 4.55. The van der Waals surface area contributed by atoms with E-state index in [2.05, 4.69) is 6.58 Å². The first-order valence-electron chi connectivity index (χ1n) is 6.18. The molecule has 0 saturated heterocycles. The monoisotopic (exact) mass is 260 g/mol. The minimum absolute atomic E-state index is 0.0377. The quantitative estimate of drug-likeness (QED) is 0.605. The first-order valence-corrected chi connectivity index (χ1v) is 6.18. The van der Waals surface area contributed by atoms with Crippen molar-refractivity contribution in [3.8, 4) is 0 Å². The number of rotatable bonds is 2. The maximum absolute atomic E-state index is 11.7. The number of esters is 2. The van der Waals surface area contributed by atoms with Crippen LogP contribution in [0, 0.1) is 0 Å². The lowest BCUT2D eigenvalue weighted by molar-refractivity contribution is -0.153. The molecule has 0 aromatic heterocycles. The number of ether oxygens (including phenoxy) is 2. The second-order valence-corrected chi connectivity index (χ2v) is 4.55. The zero-order valence-corrected chi connectivity index (χ0v) is 10.8. The molecule has 1 aliphatic rings. The van der Waals surface area contributed by atoms with Crippen LogP contribution < -0.4 is 0 Å². The summed E-state index contributed by atoms with van der Waals surface area (Å²) in [6.45, 7) is 5.48. The van der Waals surface area contributed by atoms with Crippen molar-refractivity contribution in [2.24, 2.45) is 0 Å². The maximum atomic E-state index is 11.7. The van der Waals surface area contributed by atoms with Crippen LogP contribution in [-0.2, 0) is 25.5 Å². The average molecular weight is 260 g/mol. The molecule has 0 radical (unpaired) electrons. The van der Waals surface area contributed by atoms with E-state index in [0.717, 1.165) is 11.1 Å². The highest BCUT2D eigenvalue weighted by atomic mass is 16.6. The van der Waals surface area contributed by atoms with E-state index in [1.165, 1.54) is 0 Å². The van der Waals surface area contributed by atoms with Gasteiger partial charge in [0.2, 0.25) is 0 Å². The third-order valence-corrected chi connectivity index (χ3v) is 2.99. The SMILES string of the molecule is C=C(C)C(=O)OC1CC(=O)OCCc2ccccc21. The lowest BCUT2D eigenvalue weighted by Crippen LogP contribution is -2.21. The summed E-state index contributed by atoms with van der Waals surface area (Å²) in [6.07, 6.45) is 0.0622. The molecule has 1 aromatic rings. The van der Waals surface area contributed by atoms with E-state index in [4.69, 9.17) is 9.47 Å². The molecule has 1 heterocycles. The highest BCUT2D eigenvalue weighted by molar-refractivity contribution is 5.87. The summed E-state index contributed by atoms with van der Waals surface area (Å²) in [5.74, 6) is -0.845. The molecule has 0 spiro atoms. The van der Waals surface area contributed by atoms with Crippen LogP contribution in [0.15, 0.2) is 36.4 Å². The van der Waals surface area contributed by atoms with E-state index in [0.29, 0.717) is 18.6 Å². The summed E-state index contributed by atoms with van der Waals surface area (Å²) < 4.78 is 10.4. The average Bonchev–Trinajstić information content (AvgIpc) is 2.36. The van der Waals surface area contributed by atoms with E-state index in [9.17, 15) is 9.59 Å². The summed E-state index contributed by atoms with van der Waals surface area (Å²) in [5.41, 5.74) is 2.22. The number of hydrogen-bond donors (Lipinski definition) is 0.